The van der Waals surface area contributed by atoms with Gasteiger partial charge in [0.2, 0.25) is 0 Å². The van der Waals surface area contributed by atoms with Crippen LogP contribution in [0.3, 0.4) is 0 Å². The SMILES string of the molecule is N#Cc1cc(-c2ccccc2)ccc1CC1CCCCC(NC(=O)c2ccc(OP(=O)(O)O)cc2)C1=O. The maximum absolute atomic E-state index is 13.4. The number of Topliss-reactive ketones (excluding diaryl/α,β-unsaturated/α-hetero) is 1. The second kappa shape index (κ2) is 11.5. The molecule has 0 radical (unpaired) electrons. The first-order valence-corrected chi connectivity index (χ1v) is 13.5. The Bertz CT molecular complexity index is 1360. The molecule has 3 N–H and O–H groups in total. The molecule has 190 valence electrons. The highest BCUT2D eigenvalue weighted by atomic mass is 31.2. The van der Waals surface area contributed by atoms with Crippen LogP contribution >= 0.6 is 7.82 Å². The van der Waals surface area contributed by atoms with Crippen LogP contribution < -0.4 is 9.84 Å². The topological polar surface area (TPSA) is 137 Å². The molecule has 8 nitrogen and oxygen atoms in total. The molecule has 1 fully saturated rings. The van der Waals surface area contributed by atoms with Gasteiger partial charge in [0.05, 0.1) is 17.7 Å². The van der Waals surface area contributed by atoms with Crippen LogP contribution in [-0.4, -0.2) is 27.5 Å². The lowest BCUT2D eigenvalue weighted by molar-refractivity contribution is -0.124. The van der Waals surface area contributed by atoms with Crippen LogP contribution in [0, 0.1) is 17.2 Å². The standard InChI is InChI=1S/C28H27N2O6P/c29-18-24-17-21(19-6-2-1-3-7-19)10-11-22(24)16-23-8-4-5-9-26(27(23)31)30-28(32)20-12-14-25(15-13-20)36-37(33,34)35/h1-3,6-7,10-15,17,23,26H,4-5,8-9,16H2,(H,30,32)(H2,33,34,35). The van der Waals surface area contributed by atoms with E-state index in [-0.39, 0.29) is 23.0 Å². The minimum Gasteiger partial charge on any atom is -0.404 e. The third-order valence-corrected chi connectivity index (χ3v) is 6.94. The highest BCUT2D eigenvalue weighted by Gasteiger charge is 2.31. The highest BCUT2D eigenvalue weighted by molar-refractivity contribution is 7.46. The predicted octanol–water partition coefficient (Wildman–Crippen LogP) is 4.80. The Kier molecular flexibility index (Phi) is 8.20. The van der Waals surface area contributed by atoms with Gasteiger partial charge in [0.15, 0.2) is 5.78 Å². The zero-order chi connectivity index (χ0) is 26.4. The Morgan fingerprint density at radius 1 is 1.00 bits per heavy atom. The number of phosphoric acid groups is 1. The normalized spacial score (nSPS) is 17.9. The lowest BCUT2D eigenvalue weighted by Crippen LogP contribution is -2.43. The van der Waals surface area contributed by atoms with E-state index < -0.39 is 19.8 Å². The Morgan fingerprint density at radius 2 is 1.70 bits per heavy atom. The molecule has 2 unspecified atom stereocenters. The number of rotatable bonds is 7. The number of carbonyl (C=O) groups is 2. The molecule has 0 aliphatic heterocycles. The number of ketones is 1. The molecule has 0 spiro atoms. The number of hydrogen-bond donors (Lipinski definition) is 3. The summed E-state index contributed by atoms with van der Waals surface area (Å²) >= 11 is 0. The molecular weight excluding hydrogens is 491 g/mol. The maximum atomic E-state index is 13.4. The number of nitrogens with zero attached hydrogens (tertiary/aromatic N) is 1. The summed E-state index contributed by atoms with van der Waals surface area (Å²) < 4.78 is 15.5. The predicted molar refractivity (Wildman–Crippen MR) is 138 cm³/mol. The zero-order valence-corrected chi connectivity index (χ0v) is 20.9. The van der Waals surface area contributed by atoms with Gasteiger partial charge < -0.3 is 9.84 Å². The molecule has 4 rings (SSSR count). The van der Waals surface area contributed by atoms with E-state index >= 15 is 0 Å². The largest absolute Gasteiger partial charge is 0.524 e. The third kappa shape index (κ3) is 6.93. The van der Waals surface area contributed by atoms with Crippen molar-refractivity contribution in [3.63, 3.8) is 0 Å². The summed E-state index contributed by atoms with van der Waals surface area (Å²) in [6.45, 7) is 0. The van der Waals surface area contributed by atoms with Crippen LogP contribution in [0.2, 0.25) is 0 Å². The van der Waals surface area contributed by atoms with Crippen molar-refractivity contribution in [2.45, 2.75) is 38.1 Å². The molecule has 1 aliphatic rings. The second-order valence-electron chi connectivity index (χ2n) is 9.07. The second-order valence-corrected chi connectivity index (χ2v) is 10.2. The van der Waals surface area contributed by atoms with E-state index in [1.54, 1.807) is 0 Å². The Balaban J connectivity index is 1.46. The molecule has 1 aliphatic carbocycles. The van der Waals surface area contributed by atoms with Crippen molar-refractivity contribution in [2.75, 3.05) is 0 Å². The molecule has 0 heterocycles. The van der Waals surface area contributed by atoms with Crippen molar-refractivity contribution in [3.8, 4) is 22.9 Å². The number of amides is 1. The van der Waals surface area contributed by atoms with E-state index in [0.717, 1.165) is 29.5 Å². The number of hydrogen-bond acceptors (Lipinski definition) is 5. The van der Waals surface area contributed by atoms with Gasteiger partial charge in [-0.05, 0) is 66.3 Å². The van der Waals surface area contributed by atoms with Gasteiger partial charge in [-0.25, -0.2) is 4.57 Å². The van der Waals surface area contributed by atoms with E-state index in [9.17, 15) is 19.4 Å². The molecule has 37 heavy (non-hydrogen) atoms. The molecular formula is C28H27N2O6P. The lowest BCUT2D eigenvalue weighted by Gasteiger charge is -2.21. The Labute approximate surface area is 215 Å². The van der Waals surface area contributed by atoms with Gasteiger partial charge in [-0.15, -0.1) is 0 Å². The van der Waals surface area contributed by atoms with E-state index in [1.807, 2.05) is 48.5 Å². The lowest BCUT2D eigenvalue weighted by atomic mass is 9.87. The van der Waals surface area contributed by atoms with Crippen LogP contribution in [0.1, 0.15) is 47.2 Å². The quantitative estimate of drug-likeness (QED) is 0.302. The summed E-state index contributed by atoms with van der Waals surface area (Å²) in [4.78, 5) is 44.0. The highest BCUT2D eigenvalue weighted by Crippen LogP contribution is 2.37. The zero-order valence-electron chi connectivity index (χ0n) is 20.0. The van der Waals surface area contributed by atoms with E-state index in [0.29, 0.717) is 24.8 Å². The van der Waals surface area contributed by atoms with Crippen LogP contribution in [0.25, 0.3) is 11.1 Å². The first kappa shape index (κ1) is 26.3. The number of benzene rings is 3. The van der Waals surface area contributed by atoms with Crippen molar-refractivity contribution in [3.05, 3.63) is 89.5 Å². The van der Waals surface area contributed by atoms with Crippen LogP contribution in [0.15, 0.2) is 72.8 Å². The monoisotopic (exact) mass is 518 g/mol. The average molecular weight is 519 g/mol. The third-order valence-electron chi connectivity index (χ3n) is 6.49. The fourth-order valence-electron chi connectivity index (χ4n) is 4.63. The van der Waals surface area contributed by atoms with E-state index in [4.69, 9.17) is 9.79 Å². The minimum atomic E-state index is -4.69. The van der Waals surface area contributed by atoms with Crippen molar-refractivity contribution in [1.82, 2.24) is 5.32 Å². The van der Waals surface area contributed by atoms with E-state index in [2.05, 4.69) is 15.9 Å². The molecule has 2 atom stereocenters. The molecule has 1 amide bonds. The van der Waals surface area contributed by atoms with E-state index in [1.165, 1.54) is 24.3 Å². The van der Waals surface area contributed by atoms with Crippen molar-refractivity contribution < 1.29 is 28.5 Å². The number of nitriles is 1. The van der Waals surface area contributed by atoms with Crippen molar-refractivity contribution in [2.24, 2.45) is 5.92 Å². The smallest absolute Gasteiger partial charge is 0.404 e. The minimum absolute atomic E-state index is 0.0525. The van der Waals surface area contributed by atoms with Crippen LogP contribution in [0.4, 0.5) is 0 Å². The number of phosphoric ester groups is 1. The van der Waals surface area contributed by atoms with Crippen molar-refractivity contribution in [1.29, 1.82) is 5.26 Å². The summed E-state index contributed by atoms with van der Waals surface area (Å²) in [6, 6.07) is 22.5. The summed E-state index contributed by atoms with van der Waals surface area (Å²) in [5.74, 6) is -0.890. The number of nitrogens with one attached hydrogen (secondary N) is 1. The van der Waals surface area contributed by atoms with Gasteiger partial charge in [0.1, 0.15) is 5.75 Å². The van der Waals surface area contributed by atoms with Crippen LogP contribution in [-0.2, 0) is 15.8 Å². The van der Waals surface area contributed by atoms with Gasteiger partial charge in [-0.1, -0.05) is 55.3 Å². The molecule has 0 bridgehead atoms. The summed E-state index contributed by atoms with van der Waals surface area (Å²) in [6.07, 6.45) is 3.28. The fourth-order valence-corrected chi connectivity index (χ4v) is 5.03. The molecule has 0 aromatic heterocycles. The first-order valence-electron chi connectivity index (χ1n) is 12.0. The van der Waals surface area contributed by atoms with Gasteiger partial charge in [0.25, 0.3) is 5.91 Å². The van der Waals surface area contributed by atoms with Crippen LogP contribution in [0.5, 0.6) is 5.75 Å². The number of carbonyl (C=O) groups excluding carboxylic acids is 2. The van der Waals surface area contributed by atoms with Gasteiger partial charge >= 0.3 is 7.82 Å². The van der Waals surface area contributed by atoms with Crippen molar-refractivity contribution >= 4 is 19.5 Å². The molecule has 3 aromatic rings. The molecule has 0 saturated heterocycles. The Morgan fingerprint density at radius 3 is 2.38 bits per heavy atom. The molecule has 1 saturated carbocycles. The molecule has 3 aromatic carbocycles. The van der Waals surface area contributed by atoms with Gasteiger partial charge in [0, 0.05) is 11.5 Å². The first-order chi connectivity index (χ1) is 17.7. The Hall–Kier alpha value is -3.76. The molecule has 9 heteroatoms. The average Bonchev–Trinajstić information content (AvgIpc) is 3.05. The summed E-state index contributed by atoms with van der Waals surface area (Å²) in [7, 11) is -4.69. The summed E-state index contributed by atoms with van der Waals surface area (Å²) in [5.41, 5.74) is 3.55. The maximum Gasteiger partial charge on any atom is 0.524 e. The summed E-state index contributed by atoms with van der Waals surface area (Å²) in [5, 5.41) is 12.6. The van der Waals surface area contributed by atoms with Gasteiger partial charge in [-0.3, -0.25) is 19.4 Å². The fraction of sp³-hybridized carbons (Fsp3) is 0.250. The van der Waals surface area contributed by atoms with Gasteiger partial charge in [-0.2, -0.15) is 5.26 Å².